The number of urea groups is 1. The van der Waals surface area contributed by atoms with Crippen LogP contribution in [-0.4, -0.2) is 42.5 Å². The fourth-order valence-corrected chi connectivity index (χ4v) is 4.48. The quantitative estimate of drug-likeness (QED) is 0.562. The number of ether oxygens (including phenoxy) is 2. The number of amides is 2. The first kappa shape index (κ1) is 22.6. The first-order valence-electron chi connectivity index (χ1n) is 11.3. The zero-order valence-electron chi connectivity index (χ0n) is 19.6. The largest absolute Gasteiger partial charge is 0.493 e. The summed E-state index contributed by atoms with van der Waals surface area (Å²) in [4.78, 5) is 28.1. The lowest BCUT2D eigenvalue weighted by molar-refractivity contribution is 0.262. The molecule has 3 aromatic rings. The number of fused-ring (bicyclic) bond motifs is 1. The summed E-state index contributed by atoms with van der Waals surface area (Å²) in [5.41, 5.74) is 3.85. The molecule has 9 nitrogen and oxygen atoms in total. The number of hydrogen-bond donors (Lipinski definition) is 2. The van der Waals surface area contributed by atoms with Crippen LogP contribution < -0.4 is 30.7 Å². The van der Waals surface area contributed by atoms with Crippen molar-refractivity contribution < 1.29 is 14.3 Å². The molecule has 1 fully saturated rings. The maximum absolute atomic E-state index is 12.9. The highest BCUT2D eigenvalue weighted by molar-refractivity contribution is 6.04. The highest BCUT2D eigenvalue weighted by Gasteiger charge is 2.21. The Balaban J connectivity index is 1.70. The molecule has 33 heavy (non-hydrogen) atoms. The Morgan fingerprint density at radius 2 is 1.55 bits per heavy atom. The molecule has 0 radical (unpaired) electrons. The number of aromatic nitrogens is 2. The van der Waals surface area contributed by atoms with E-state index in [-0.39, 0.29) is 11.7 Å². The second-order valence-corrected chi connectivity index (χ2v) is 7.97. The number of imidazole rings is 1. The summed E-state index contributed by atoms with van der Waals surface area (Å²) >= 11 is 0. The second-order valence-electron chi connectivity index (χ2n) is 7.97. The van der Waals surface area contributed by atoms with Gasteiger partial charge in [-0.05, 0) is 51.0 Å². The minimum atomic E-state index is -0.373. The van der Waals surface area contributed by atoms with Crippen molar-refractivity contribution in [1.29, 1.82) is 0 Å². The van der Waals surface area contributed by atoms with Crippen LogP contribution in [0.2, 0.25) is 0 Å². The number of nitrogens with one attached hydrogen (secondary N) is 2. The summed E-state index contributed by atoms with van der Waals surface area (Å²) < 4.78 is 14.1. The van der Waals surface area contributed by atoms with E-state index in [1.807, 2.05) is 26.0 Å². The van der Waals surface area contributed by atoms with E-state index in [4.69, 9.17) is 9.47 Å². The third-order valence-corrected chi connectivity index (χ3v) is 6.11. The van der Waals surface area contributed by atoms with Crippen LogP contribution in [0.3, 0.4) is 0 Å². The molecule has 0 saturated carbocycles. The van der Waals surface area contributed by atoms with Crippen LogP contribution in [0.1, 0.15) is 26.7 Å². The van der Waals surface area contributed by atoms with E-state index in [1.165, 1.54) is 0 Å². The molecule has 0 aliphatic carbocycles. The highest BCUT2D eigenvalue weighted by Crippen LogP contribution is 2.34. The molecule has 176 valence electrons. The Kier molecular flexibility index (Phi) is 6.48. The predicted octanol–water partition coefficient (Wildman–Crippen LogP) is 4.10. The summed E-state index contributed by atoms with van der Waals surface area (Å²) in [5, 5.41) is 5.86. The summed E-state index contributed by atoms with van der Waals surface area (Å²) in [6, 6.07) is 8.77. The first-order valence-corrected chi connectivity index (χ1v) is 11.3. The van der Waals surface area contributed by atoms with Gasteiger partial charge in [0.2, 0.25) is 0 Å². The Morgan fingerprint density at radius 3 is 2.15 bits per heavy atom. The molecule has 1 aromatic heterocycles. The Labute approximate surface area is 192 Å². The van der Waals surface area contributed by atoms with Crippen molar-refractivity contribution in [3.8, 4) is 11.5 Å². The van der Waals surface area contributed by atoms with Gasteiger partial charge in [0, 0.05) is 37.9 Å². The maximum Gasteiger partial charge on any atom is 0.329 e. The van der Waals surface area contributed by atoms with Crippen molar-refractivity contribution in [2.75, 3.05) is 42.8 Å². The standard InChI is InChI=1S/C24H31N5O4/c1-5-28-19-14-17(26-23(30)25-16-9-10-21(32-3)22(13-16)33-4)18(27-11-7-8-12-27)15-20(19)29(6-2)24(28)31/h9-10,13-15H,5-8,11-12H2,1-4H3,(H2,25,26,30). The lowest BCUT2D eigenvalue weighted by Gasteiger charge is -2.22. The van der Waals surface area contributed by atoms with Crippen LogP contribution in [0.15, 0.2) is 35.1 Å². The fraction of sp³-hybridized carbons (Fsp3) is 0.417. The van der Waals surface area contributed by atoms with E-state index in [0.29, 0.717) is 36.0 Å². The zero-order chi connectivity index (χ0) is 23.5. The molecule has 0 atom stereocenters. The predicted molar refractivity (Wildman–Crippen MR) is 131 cm³/mol. The van der Waals surface area contributed by atoms with Gasteiger partial charge in [0.25, 0.3) is 0 Å². The summed E-state index contributed by atoms with van der Waals surface area (Å²) in [7, 11) is 3.12. The summed E-state index contributed by atoms with van der Waals surface area (Å²) in [6.45, 7) is 6.91. The van der Waals surface area contributed by atoms with Crippen molar-refractivity contribution in [2.24, 2.45) is 0 Å². The number of methoxy groups -OCH3 is 2. The Hall–Kier alpha value is -3.62. The molecule has 4 rings (SSSR count). The molecule has 1 saturated heterocycles. The molecule has 0 spiro atoms. The topological polar surface area (TPSA) is 89.8 Å². The number of rotatable bonds is 7. The van der Waals surface area contributed by atoms with E-state index >= 15 is 0 Å². The molecular formula is C24H31N5O4. The minimum Gasteiger partial charge on any atom is -0.493 e. The second kappa shape index (κ2) is 9.48. The van der Waals surface area contributed by atoms with E-state index in [9.17, 15) is 9.59 Å². The third-order valence-electron chi connectivity index (χ3n) is 6.11. The highest BCUT2D eigenvalue weighted by atomic mass is 16.5. The molecule has 2 N–H and O–H groups in total. The van der Waals surface area contributed by atoms with Gasteiger partial charge in [0.15, 0.2) is 11.5 Å². The SMILES string of the molecule is CCn1c(=O)n(CC)c2cc(N3CCCC3)c(NC(=O)Nc3ccc(OC)c(OC)c3)cc21. The van der Waals surface area contributed by atoms with Crippen molar-refractivity contribution in [1.82, 2.24) is 9.13 Å². The molecule has 0 unspecified atom stereocenters. The van der Waals surface area contributed by atoms with Crippen LogP contribution in [-0.2, 0) is 13.1 Å². The molecule has 0 bridgehead atoms. The average molecular weight is 454 g/mol. The number of carbonyl (C=O) groups is 1. The lowest BCUT2D eigenvalue weighted by Crippen LogP contribution is -2.24. The molecular weight excluding hydrogens is 422 g/mol. The van der Waals surface area contributed by atoms with E-state index in [2.05, 4.69) is 15.5 Å². The van der Waals surface area contributed by atoms with Crippen molar-refractivity contribution >= 4 is 34.1 Å². The number of anilines is 3. The molecule has 2 heterocycles. The van der Waals surface area contributed by atoms with Crippen LogP contribution >= 0.6 is 0 Å². The van der Waals surface area contributed by atoms with Gasteiger partial charge in [-0.15, -0.1) is 0 Å². The van der Waals surface area contributed by atoms with Crippen LogP contribution in [0, 0.1) is 0 Å². The van der Waals surface area contributed by atoms with E-state index < -0.39 is 0 Å². The van der Waals surface area contributed by atoms with Gasteiger partial charge < -0.3 is 25.0 Å². The monoisotopic (exact) mass is 453 g/mol. The van der Waals surface area contributed by atoms with Gasteiger partial charge in [-0.1, -0.05) is 0 Å². The van der Waals surface area contributed by atoms with Gasteiger partial charge in [-0.25, -0.2) is 9.59 Å². The lowest BCUT2D eigenvalue weighted by atomic mass is 10.2. The smallest absolute Gasteiger partial charge is 0.329 e. The van der Waals surface area contributed by atoms with Crippen molar-refractivity contribution in [2.45, 2.75) is 39.8 Å². The number of carbonyl (C=O) groups excluding carboxylic acids is 1. The third kappa shape index (κ3) is 4.22. The Bertz CT molecular complexity index is 1220. The zero-order valence-corrected chi connectivity index (χ0v) is 19.6. The Morgan fingerprint density at radius 1 is 0.909 bits per heavy atom. The molecule has 1 aliphatic heterocycles. The first-order chi connectivity index (χ1) is 16.0. The van der Waals surface area contributed by atoms with Crippen molar-refractivity contribution in [3.05, 3.63) is 40.8 Å². The normalized spacial score (nSPS) is 13.4. The maximum atomic E-state index is 12.9. The fourth-order valence-electron chi connectivity index (χ4n) is 4.48. The molecule has 2 aromatic carbocycles. The van der Waals surface area contributed by atoms with Gasteiger partial charge in [0.1, 0.15) is 0 Å². The summed E-state index contributed by atoms with van der Waals surface area (Å²) in [6.07, 6.45) is 2.21. The van der Waals surface area contributed by atoms with E-state index in [1.54, 1.807) is 41.6 Å². The minimum absolute atomic E-state index is 0.0331. The van der Waals surface area contributed by atoms with Gasteiger partial charge >= 0.3 is 11.7 Å². The average Bonchev–Trinajstić information content (AvgIpc) is 3.43. The molecule has 9 heteroatoms. The number of aryl methyl sites for hydroxylation is 2. The molecule has 2 amide bonds. The van der Waals surface area contributed by atoms with E-state index in [0.717, 1.165) is 42.7 Å². The van der Waals surface area contributed by atoms with Gasteiger partial charge in [0.05, 0.1) is 36.6 Å². The molecule has 1 aliphatic rings. The number of nitrogens with zero attached hydrogens (tertiary/aromatic N) is 3. The summed E-state index contributed by atoms with van der Waals surface area (Å²) in [5.74, 6) is 1.12. The van der Waals surface area contributed by atoms with Crippen LogP contribution in [0.25, 0.3) is 11.0 Å². The number of benzene rings is 2. The van der Waals surface area contributed by atoms with Gasteiger partial charge in [-0.3, -0.25) is 9.13 Å². The number of hydrogen-bond acceptors (Lipinski definition) is 5. The van der Waals surface area contributed by atoms with Crippen LogP contribution in [0.5, 0.6) is 11.5 Å². The van der Waals surface area contributed by atoms with Gasteiger partial charge in [-0.2, -0.15) is 0 Å². The van der Waals surface area contributed by atoms with Crippen molar-refractivity contribution in [3.63, 3.8) is 0 Å². The van der Waals surface area contributed by atoms with Crippen LogP contribution in [0.4, 0.5) is 21.9 Å².